The number of ether oxygens (including phenoxy) is 2. The standard InChI is InChI=1S/C43H73O10P/c1-3-5-7-9-11-13-15-17-19-20-21-23-25-27-29-31-33-35-43(47)53-41(39-52-54(48,49)51-37-40(45)36-44)38-50-42(46)34-32-30-28-26-24-22-18-16-14-12-10-8-6-4-2/h10-13,16-19,21,23,27,29,40-41,44-45H,3-9,14-15,20,22,24-26,28,30-39H2,1-2H3,(H,48,49)/b12-10-,13-11-,18-16-,19-17-,23-21-,29-27-/t40-,41+/m0/s1. The highest BCUT2D eigenvalue weighted by Crippen LogP contribution is 2.43. The van der Waals surface area contributed by atoms with Crippen LogP contribution < -0.4 is 0 Å². The Bertz CT molecular complexity index is 1130. The third kappa shape index (κ3) is 37.7. The van der Waals surface area contributed by atoms with E-state index in [-0.39, 0.29) is 19.4 Å². The highest BCUT2D eigenvalue weighted by molar-refractivity contribution is 7.47. The SMILES string of the molecule is CCCC/C=C\C/C=C\CCCCCCCC(=O)OC[C@H](COP(=O)(O)OC[C@@H](O)CO)OC(=O)CCC/C=C\C/C=C\C/C=C\C/C=C\CCCCC. The van der Waals surface area contributed by atoms with E-state index in [0.717, 1.165) is 70.6 Å². The molecular weight excluding hydrogens is 707 g/mol. The molecule has 0 aromatic rings. The molecule has 0 heterocycles. The van der Waals surface area contributed by atoms with Crippen LogP contribution in [0.5, 0.6) is 0 Å². The minimum Gasteiger partial charge on any atom is -0.462 e. The van der Waals surface area contributed by atoms with E-state index in [1.807, 2.05) is 12.2 Å². The molecule has 3 atom stereocenters. The molecule has 0 fully saturated rings. The number of phosphoric acid groups is 1. The van der Waals surface area contributed by atoms with Crippen molar-refractivity contribution in [1.82, 2.24) is 0 Å². The van der Waals surface area contributed by atoms with Crippen molar-refractivity contribution in [2.45, 2.75) is 161 Å². The molecule has 10 nitrogen and oxygen atoms in total. The monoisotopic (exact) mass is 780 g/mol. The Morgan fingerprint density at radius 1 is 0.556 bits per heavy atom. The maximum atomic E-state index is 12.6. The number of allylic oxidation sites excluding steroid dienone is 12. The molecule has 0 aliphatic heterocycles. The number of esters is 2. The van der Waals surface area contributed by atoms with E-state index in [9.17, 15) is 24.2 Å². The van der Waals surface area contributed by atoms with E-state index >= 15 is 0 Å². The van der Waals surface area contributed by atoms with Gasteiger partial charge in [-0.15, -0.1) is 0 Å². The first-order valence-electron chi connectivity index (χ1n) is 20.4. The Morgan fingerprint density at radius 2 is 1.00 bits per heavy atom. The van der Waals surface area contributed by atoms with Crippen LogP contribution >= 0.6 is 7.82 Å². The van der Waals surface area contributed by atoms with Gasteiger partial charge >= 0.3 is 19.8 Å². The number of aliphatic hydroxyl groups excluding tert-OH is 2. The minimum atomic E-state index is -4.64. The van der Waals surface area contributed by atoms with E-state index in [1.54, 1.807) is 0 Å². The molecule has 0 rings (SSSR count). The van der Waals surface area contributed by atoms with Crippen LogP contribution in [-0.2, 0) is 32.7 Å². The lowest BCUT2D eigenvalue weighted by Crippen LogP contribution is -2.29. The Labute approximate surface area is 327 Å². The summed E-state index contributed by atoms with van der Waals surface area (Å²) in [5.41, 5.74) is 0. The van der Waals surface area contributed by atoms with Gasteiger partial charge in [-0.05, 0) is 77.0 Å². The third-order valence-corrected chi connectivity index (χ3v) is 9.03. The van der Waals surface area contributed by atoms with Crippen LogP contribution in [0.1, 0.15) is 149 Å². The first-order valence-corrected chi connectivity index (χ1v) is 21.9. The van der Waals surface area contributed by atoms with Crippen molar-refractivity contribution in [2.24, 2.45) is 0 Å². The zero-order valence-corrected chi connectivity index (χ0v) is 34.3. The summed E-state index contributed by atoms with van der Waals surface area (Å²) in [5, 5.41) is 18.3. The highest BCUT2D eigenvalue weighted by atomic mass is 31.2. The fourth-order valence-electron chi connectivity index (χ4n) is 4.88. The molecule has 0 aliphatic carbocycles. The summed E-state index contributed by atoms with van der Waals surface area (Å²) in [7, 11) is -4.64. The van der Waals surface area contributed by atoms with Crippen molar-refractivity contribution >= 4 is 19.8 Å². The Kier molecular flexibility index (Phi) is 36.8. The first-order chi connectivity index (χ1) is 26.2. The van der Waals surface area contributed by atoms with Crippen molar-refractivity contribution in [2.75, 3.05) is 26.4 Å². The Morgan fingerprint density at radius 3 is 1.56 bits per heavy atom. The van der Waals surface area contributed by atoms with Crippen LogP contribution in [0.15, 0.2) is 72.9 Å². The molecule has 0 aromatic heterocycles. The summed E-state index contributed by atoms with van der Waals surface area (Å²) < 4.78 is 32.6. The number of carbonyl (C=O) groups is 2. The summed E-state index contributed by atoms with van der Waals surface area (Å²) in [5.74, 6) is -1.01. The molecule has 3 N–H and O–H groups in total. The van der Waals surface area contributed by atoms with E-state index in [1.165, 1.54) is 32.1 Å². The lowest BCUT2D eigenvalue weighted by atomic mass is 10.1. The van der Waals surface area contributed by atoms with Gasteiger partial charge in [0.2, 0.25) is 0 Å². The number of aliphatic hydroxyl groups is 2. The molecular formula is C43H73O10P. The first kappa shape index (κ1) is 51.4. The molecule has 0 amide bonds. The normalized spacial score (nSPS) is 14.7. The van der Waals surface area contributed by atoms with Crippen LogP contribution in [0.3, 0.4) is 0 Å². The van der Waals surface area contributed by atoms with Gasteiger partial charge in [0.15, 0.2) is 6.10 Å². The van der Waals surface area contributed by atoms with E-state index in [2.05, 4.69) is 79.1 Å². The van der Waals surface area contributed by atoms with Gasteiger partial charge in [0, 0.05) is 12.8 Å². The van der Waals surface area contributed by atoms with E-state index in [4.69, 9.17) is 19.1 Å². The van der Waals surface area contributed by atoms with Gasteiger partial charge in [0.25, 0.3) is 0 Å². The van der Waals surface area contributed by atoms with Crippen LogP contribution in [0.2, 0.25) is 0 Å². The quantitative estimate of drug-likeness (QED) is 0.0241. The molecule has 11 heteroatoms. The molecule has 0 saturated heterocycles. The van der Waals surface area contributed by atoms with Crippen molar-refractivity contribution < 1.29 is 47.8 Å². The maximum Gasteiger partial charge on any atom is 0.472 e. The molecule has 0 spiro atoms. The number of hydrogen-bond donors (Lipinski definition) is 3. The van der Waals surface area contributed by atoms with Gasteiger partial charge in [-0.25, -0.2) is 4.57 Å². The minimum absolute atomic E-state index is 0.102. The third-order valence-electron chi connectivity index (χ3n) is 8.08. The lowest BCUT2D eigenvalue weighted by molar-refractivity contribution is -0.161. The van der Waals surface area contributed by atoms with Gasteiger partial charge in [-0.1, -0.05) is 132 Å². The molecule has 0 saturated carbocycles. The summed E-state index contributed by atoms with van der Waals surface area (Å²) in [6, 6.07) is 0. The second-order valence-corrected chi connectivity index (χ2v) is 14.8. The average Bonchev–Trinajstić information content (AvgIpc) is 3.16. The number of phosphoric ester groups is 1. The van der Waals surface area contributed by atoms with Crippen LogP contribution in [0, 0.1) is 0 Å². The Hall–Kier alpha value is -2.59. The van der Waals surface area contributed by atoms with Crippen molar-refractivity contribution in [3.8, 4) is 0 Å². The van der Waals surface area contributed by atoms with Gasteiger partial charge in [0.1, 0.15) is 12.7 Å². The molecule has 1 unspecified atom stereocenters. The van der Waals surface area contributed by atoms with Gasteiger partial charge in [-0.3, -0.25) is 18.6 Å². The average molecular weight is 781 g/mol. The second-order valence-electron chi connectivity index (χ2n) is 13.3. The molecule has 0 aromatic carbocycles. The molecule has 310 valence electrons. The van der Waals surface area contributed by atoms with Crippen molar-refractivity contribution in [3.63, 3.8) is 0 Å². The largest absolute Gasteiger partial charge is 0.472 e. The number of rotatable bonds is 37. The zero-order valence-electron chi connectivity index (χ0n) is 33.4. The van der Waals surface area contributed by atoms with Crippen LogP contribution in [-0.4, -0.2) is 65.7 Å². The predicted molar refractivity (Wildman–Crippen MR) is 219 cm³/mol. The maximum absolute atomic E-state index is 12.6. The molecule has 0 aliphatic rings. The van der Waals surface area contributed by atoms with Crippen LogP contribution in [0.4, 0.5) is 0 Å². The van der Waals surface area contributed by atoms with Gasteiger partial charge in [-0.2, -0.15) is 0 Å². The van der Waals surface area contributed by atoms with Gasteiger partial charge < -0.3 is 24.6 Å². The number of hydrogen-bond acceptors (Lipinski definition) is 9. The van der Waals surface area contributed by atoms with E-state index < -0.39 is 51.8 Å². The molecule has 0 bridgehead atoms. The lowest BCUT2D eigenvalue weighted by Gasteiger charge is -2.20. The zero-order chi connectivity index (χ0) is 39.8. The fourth-order valence-corrected chi connectivity index (χ4v) is 5.67. The summed E-state index contributed by atoms with van der Waals surface area (Å²) in [4.78, 5) is 34.9. The predicted octanol–water partition coefficient (Wildman–Crippen LogP) is 10.5. The van der Waals surface area contributed by atoms with E-state index in [0.29, 0.717) is 19.3 Å². The summed E-state index contributed by atoms with van der Waals surface area (Å²) in [6.07, 6.45) is 43.0. The second kappa shape index (κ2) is 38.7. The van der Waals surface area contributed by atoms with Crippen molar-refractivity contribution in [3.05, 3.63) is 72.9 Å². The topological polar surface area (TPSA) is 149 Å². The smallest absolute Gasteiger partial charge is 0.462 e. The van der Waals surface area contributed by atoms with Crippen LogP contribution in [0.25, 0.3) is 0 Å². The highest BCUT2D eigenvalue weighted by Gasteiger charge is 2.27. The Balaban J connectivity index is 4.48. The fraction of sp³-hybridized carbons (Fsp3) is 0.674. The molecule has 0 radical (unpaired) electrons. The summed E-state index contributed by atoms with van der Waals surface area (Å²) >= 11 is 0. The number of unbranched alkanes of at least 4 members (excludes halogenated alkanes) is 11. The van der Waals surface area contributed by atoms with Crippen molar-refractivity contribution in [1.29, 1.82) is 0 Å². The summed E-state index contributed by atoms with van der Waals surface area (Å²) in [6.45, 7) is 2.21. The molecule has 54 heavy (non-hydrogen) atoms. The number of carbonyl (C=O) groups excluding carboxylic acids is 2. The van der Waals surface area contributed by atoms with Gasteiger partial charge in [0.05, 0.1) is 19.8 Å².